The molecule has 1 heterocycles. The molecule has 2 fully saturated rings. The Morgan fingerprint density at radius 1 is 1.31 bits per heavy atom. The largest absolute Gasteiger partial charge is 0.497 e. The van der Waals surface area contributed by atoms with E-state index in [1.54, 1.807) is 7.11 Å². The van der Waals surface area contributed by atoms with Crippen LogP contribution in [0.2, 0.25) is 0 Å². The third-order valence-corrected chi connectivity index (χ3v) is 5.80. The molecule has 1 N–H and O–H groups in total. The fourth-order valence-electron chi connectivity index (χ4n) is 4.31. The van der Waals surface area contributed by atoms with Gasteiger partial charge in [0.05, 0.1) is 12.7 Å². The molecule has 1 aliphatic carbocycles. The number of rotatable bonds is 8. The summed E-state index contributed by atoms with van der Waals surface area (Å²) in [6.07, 6.45) is 6.04. The van der Waals surface area contributed by atoms with Crippen molar-refractivity contribution in [1.82, 2.24) is 4.90 Å². The quantitative estimate of drug-likeness (QED) is 0.766. The molecular weight excluding hydrogens is 330 g/mol. The summed E-state index contributed by atoms with van der Waals surface area (Å²) in [4.78, 5) is 2.34. The number of nitrogens with zero attached hydrogens (tertiary/aromatic N) is 1. The highest BCUT2D eigenvalue weighted by Gasteiger charge is 2.41. The molecular formula is C21H33NO4. The number of ether oxygens (including phenoxy) is 3. The van der Waals surface area contributed by atoms with E-state index in [1.807, 2.05) is 31.2 Å². The van der Waals surface area contributed by atoms with Crippen molar-refractivity contribution >= 4 is 0 Å². The molecule has 3 rings (SSSR count). The average molecular weight is 363 g/mol. The molecule has 5 nitrogen and oxygen atoms in total. The minimum Gasteiger partial charge on any atom is -0.497 e. The van der Waals surface area contributed by atoms with Crippen LogP contribution in [0.5, 0.6) is 5.75 Å². The lowest BCUT2D eigenvalue weighted by atomic mass is 9.71. The Labute approximate surface area is 157 Å². The second-order valence-corrected chi connectivity index (χ2v) is 7.77. The summed E-state index contributed by atoms with van der Waals surface area (Å²) in [5.41, 5.74) is 0.219. The van der Waals surface area contributed by atoms with E-state index in [2.05, 4.69) is 11.9 Å². The monoisotopic (exact) mass is 363 g/mol. The number of benzene rings is 1. The van der Waals surface area contributed by atoms with Gasteiger partial charge in [0.15, 0.2) is 12.6 Å². The van der Waals surface area contributed by atoms with Gasteiger partial charge in [-0.2, -0.15) is 0 Å². The second-order valence-electron chi connectivity index (χ2n) is 7.77. The molecule has 2 atom stereocenters. The Kier molecular flexibility index (Phi) is 6.56. The highest BCUT2D eigenvalue weighted by Crippen LogP contribution is 2.42. The van der Waals surface area contributed by atoms with Crippen molar-refractivity contribution < 1.29 is 19.3 Å². The first kappa shape index (κ1) is 19.6. The number of hydrogen-bond acceptors (Lipinski definition) is 5. The third-order valence-electron chi connectivity index (χ3n) is 5.80. The van der Waals surface area contributed by atoms with E-state index in [4.69, 9.17) is 14.2 Å². The van der Waals surface area contributed by atoms with Crippen LogP contribution in [0.4, 0.5) is 0 Å². The van der Waals surface area contributed by atoms with Gasteiger partial charge in [0.1, 0.15) is 5.75 Å². The molecule has 1 saturated carbocycles. The molecule has 0 bridgehead atoms. The normalized spacial score (nSPS) is 31.7. The van der Waals surface area contributed by atoms with E-state index in [-0.39, 0.29) is 18.5 Å². The zero-order valence-electron chi connectivity index (χ0n) is 16.3. The maximum Gasteiger partial charge on any atom is 0.163 e. The highest BCUT2D eigenvalue weighted by molar-refractivity contribution is 5.33. The van der Waals surface area contributed by atoms with Gasteiger partial charge in [0.25, 0.3) is 0 Å². The van der Waals surface area contributed by atoms with Crippen LogP contribution >= 0.6 is 0 Å². The standard InChI is InChI=1S/C21H33NO4/c1-16-25-20(26-16)11-7-13-22(2)15-18-8-4-5-12-21(18,23)17-9-6-10-19(14-17)24-3/h6,9-10,14,16,18,20,23H,4-5,7-8,11-13,15H2,1-3H3/t16?,18-,20?,21+/m1/s1. The van der Waals surface area contributed by atoms with Gasteiger partial charge in [-0.15, -0.1) is 0 Å². The maximum atomic E-state index is 11.5. The van der Waals surface area contributed by atoms with Crippen molar-refractivity contribution in [3.8, 4) is 5.75 Å². The van der Waals surface area contributed by atoms with E-state index in [9.17, 15) is 5.11 Å². The van der Waals surface area contributed by atoms with Crippen LogP contribution in [0.3, 0.4) is 0 Å². The number of hydrogen-bond donors (Lipinski definition) is 1. The van der Waals surface area contributed by atoms with Crippen molar-refractivity contribution in [3.63, 3.8) is 0 Å². The first-order chi connectivity index (χ1) is 12.5. The van der Waals surface area contributed by atoms with Gasteiger partial charge in [-0.3, -0.25) is 0 Å². The van der Waals surface area contributed by atoms with Gasteiger partial charge >= 0.3 is 0 Å². The minimum absolute atomic E-state index is 0.0261. The lowest BCUT2D eigenvalue weighted by Gasteiger charge is -2.42. The van der Waals surface area contributed by atoms with Gasteiger partial charge in [-0.25, -0.2) is 0 Å². The van der Waals surface area contributed by atoms with Gasteiger partial charge in [0.2, 0.25) is 0 Å². The highest BCUT2D eigenvalue weighted by atomic mass is 16.9. The second kappa shape index (κ2) is 8.70. The summed E-state index contributed by atoms with van der Waals surface area (Å²) in [6, 6.07) is 7.93. The Bertz CT molecular complexity index is 575. The summed E-state index contributed by atoms with van der Waals surface area (Å²) in [5, 5.41) is 11.5. The average Bonchev–Trinajstić information content (AvgIpc) is 2.62. The SMILES string of the molecule is COc1cccc([C@@]2(O)CCCC[C@@H]2CN(C)CCCC2OC(C)O2)c1. The van der Waals surface area contributed by atoms with E-state index < -0.39 is 5.60 Å². The minimum atomic E-state index is -0.767. The van der Waals surface area contributed by atoms with Gasteiger partial charge in [-0.1, -0.05) is 25.0 Å². The van der Waals surface area contributed by atoms with E-state index in [0.717, 1.165) is 56.5 Å². The summed E-state index contributed by atoms with van der Waals surface area (Å²) in [6.45, 7) is 3.81. The first-order valence-corrected chi connectivity index (χ1v) is 9.87. The summed E-state index contributed by atoms with van der Waals surface area (Å²) >= 11 is 0. The Morgan fingerprint density at radius 2 is 2.12 bits per heavy atom. The molecule has 26 heavy (non-hydrogen) atoms. The lowest BCUT2D eigenvalue weighted by Crippen LogP contribution is -2.44. The van der Waals surface area contributed by atoms with Crippen molar-refractivity contribution in [2.45, 2.75) is 63.6 Å². The van der Waals surface area contributed by atoms with E-state index >= 15 is 0 Å². The predicted octanol–water partition coefficient (Wildman–Crippen LogP) is 3.50. The molecule has 2 aliphatic rings. The molecule has 0 aromatic heterocycles. The van der Waals surface area contributed by atoms with Gasteiger partial charge in [0, 0.05) is 12.5 Å². The molecule has 1 aliphatic heterocycles. The Morgan fingerprint density at radius 3 is 2.85 bits per heavy atom. The lowest BCUT2D eigenvalue weighted by molar-refractivity contribution is -0.377. The summed E-state index contributed by atoms with van der Waals surface area (Å²) < 4.78 is 16.3. The predicted molar refractivity (Wildman–Crippen MR) is 101 cm³/mol. The molecule has 0 unspecified atom stereocenters. The fourth-order valence-corrected chi connectivity index (χ4v) is 4.31. The fraction of sp³-hybridized carbons (Fsp3) is 0.714. The summed E-state index contributed by atoms with van der Waals surface area (Å²) in [5.74, 6) is 1.05. The van der Waals surface area contributed by atoms with Gasteiger partial charge < -0.3 is 24.2 Å². The molecule has 1 aromatic carbocycles. The third kappa shape index (κ3) is 4.58. The van der Waals surface area contributed by atoms with E-state index in [0.29, 0.717) is 0 Å². The molecule has 0 spiro atoms. The number of aliphatic hydroxyl groups is 1. The number of methoxy groups -OCH3 is 1. The topological polar surface area (TPSA) is 51.2 Å². The summed E-state index contributed by atoms with van der Waals surface area (Å²) in [7, 11) is 3.82. The Balaban J connectivity index is 1.57. The van der Waals surface area contributed by atoms with Crippen LogP contribution < -0.4 is 4.74 Å². The Hall–Kier alpha value is -1.14. The van der Waals surface area contributed by atoms with Crippen molar-refractivity contribution in [2.24, 2.45) is 5.92 Å². The van der Waals surface area contributed by atoms with Crippen LogP contribution in [-0.2, 0) is 15.1 Å². The zero-order valence-corrected chi connectivity index (χ0v) is 16.3. The van der Waals surface area contributed by atoms with Crippen LogP contribution in [0.15, 0.2) is 24.3 Å². The van der Waals surface area contributed by atoms with Crippen molar-refractivity contribution in [3.05, 3.63) is 29.8 Å². The molecule has 0 amide bonds. The van der Waals surface area contributed by atoms with Crippen LogP contribution in [0.1, 0.15) is 51.0 Å². The smallest absolute Gasteiger partial charge is 0.163 e. The van der Waals surface area contributed by atoms with Gasteiger partial charge in [-0.05, 0) is 63.9 Å². The van der Waals surface area contributed by atoms with Crippen molar-refractivity contribution in [1.29, 1.82) is 0 Å². The molecule has 146 valence electrons. The first-order valence-electron chi connectivity index (χ1n) is 9.87. The van der Waals surface area contributed by atoms with E-state index in [1.165, 1.54) is 6.42 Å². The molecule has 1 saturated heterocycles. The molecule has 5 heteroatoms. The molecule has 0 radical (unpaired) electrons. The van der Waals surface area contributed by atoms with Crippen LogP contribution in [-0.4, -0.2) is 49.8 Å². The maximum absolute atomic E-state index is 11.5. The zero-order chi connectivity index (χ0) is 18.6. The van der Waals surface area contributed by atoms with Crippen molar-refractivity contribution in [2.75, 3.05) is 27.2 Å². The molecule has 1 aromatic rings. The van der Waals surface area contributed by atoms with Crippen LogP contribution in [0.25, 0.3) is 0 Å². The van der Waals surface area contributed by atoms with Crippen LogP contribution in [0, 0.1) is 5.92 Å².